The third-order valence-electron chi connectivity index (χ3n) is 2.24. The van der Waals surface area contributed by atoms with Gasteiger partial charge < -0.3 is 16.0 Å². The Bertz CT molecular complexity index is 285. The standard InChI is InChI=1S/C8H14N4S/c1-12-3-2-6(5-12)11-8-10-4-7(9)13-8/h4,6H,2-3,5,9H2,1H3,(H,10,11). The minimum Gasteiger partial charge on any atom is -0.389 e. The molecule has 0 aromatic carbocycles. The highest BCUT2D eigenvalue weighted by Crippen LogP contribution is 2.22. The van der Waals surface area contributed by atoms with Crippen molar-refractivity contribution in [2.75, 3.05) is 31.2 Å². The van der Waals surface area contributed by atoms with E-state index in [9.17, 15) is 0 Å². The molecule has 0 spiro atoms. The molecule has 0 bridgehead atoms. The zero-order valence-electron chi connectivity index (χ0n) is 7.66. The highest BCUT2D eigenvalue weighted by Gasteiger charge is 2.19. The quantitative estimate of drug-likeness (QED) is 0.739. The van der Waals surface area contributed by atoms with Crippen molar-refractivity contribution in [3.8, 4) is 0 Å². The zero-order valence-corrected chi connectivity index (χ0v) is 8.47. The van der Waals surface area contributed by atoms with Crippen LogP contribution in [-0.4, -0.2) is 36.1 Å². The molecule has 2 rings (SSSR count). The second kappa shape index (κ2) is 3.51. The van der Waals surface area contributed by atoms with Crippen molar-refractivity contribution < 1.29 is 0 Å². The van der Waals surface area contributed by atoms with Gasteiger partial charge in [0.2, 0.25) is 0 Å². The Morgan fingerprint density at radius 3 is 3.15 bits per heavy atom. The van der Waals surface area contributed by atoms with Crippen LogP contribution in [-0.2, 0) is 0 Å². The van der Waals surface area contributed by atoms with Crippen LogP contribution in [0.1, 0.15) is 6.42 Å². The fourth-order valence-corrected chi connectivity index (χ4v) is 2.24. The number of nitrogens with two attached hydrogens (primary N) is 1. The summed E-state index contributed by atoms with van der Waals surface area (Å²) >= 11 is 1.51. The second-order valence-electron chi connectivity index (χ2n) is 3.46. The monoisotopic (exact) mass is 198 g/mol. The molecule has 0 aliphatic carbocycles. The summed E-state index contributed by atoms with van der Waals surface area (Å²) in [5.74, 6) is 0. The molecule has 1 unspecified atom stereocenters. The number of rotatable bonds is 2. The minimum atomic E-state index is 0.538. The molecule has 1 aliphatic heterocycles. The predicted octanol–water partition coefficient (Wildman–Crippen LogP) is 0.841. The summed E-state index contributed by atoms with van der Waals surface area (Å²) in [6, 6.07) is 0.538. The van der Waals surface area contributed by atoms with Crippen LogP contribution in [0.2, 0.25) is 0 Å². The van der Waals surface area contributed by atoms with Gasteiger partial charge in [0.1, 0.15) is 5.00 Å². The van der Waals surface area contributed by atoms with E-state index in [1.807, 2.05) is 0 Å². The third kappa shape index (κ3) is 2.10. The Labute approximate surface area is 81.8 Å². The van der Waals surface area contributed by atoms with Crippen LogP contribution < -0.4 is 11.1 Å². The van der Waals surface area contributed by atoms with Gasteiger partial charge in [0, 0.05) is 12.6 Å². The number of likely N-dealkylation sites (tertiary alicyclic amines) is 1. The van der Waals surface area contributed by atoms with E-state index in [0.717, 1.165) is 16.7 Å². The molecule has 4 nitrogen and oxygen atoms in total. The van der Waals surface area contributed by atoms with E-state index >= 15 is 0 Å². The summed E-state index contributed by atoms with van der Waals surface area (Å²) in [4.78, 5) is 6.48. The van der Waals surface area contributed by atoms with Gasteiger partial charge in [-0.2, -0.15) is 0 Å². The molecule has 0 radical (unpaired) electrons. The highest BCUT2D eigenvalue weighted by molar-refractivity contribution is 7.19. The molecule has 72 valence electrons. The molecule has 5 heteroatoms. The highest BCUT2D eigenvalue weighted by atomic mass is 32.1. The minimum absolute atomic E-state index is 0.538. The number of likely N-dealkylation sites (N-methyl/N-ethyl adjacent to an activating group) is 1. The van der Waals surface area contributed by atoms with Crippen molar-refractivity contribution >= 4 is 21.5 Å². The summed E-state index contributed by atoms with van der Waals surface area (Å²) in [5.41, 5.74) is 5.59. The number of hydrogen-bond acceptors (Lipinski definition) is 5. The molecule has 0 amide bonds. The van der Waals surface area contributed by atoms with Gasteiger partial charge in [0.05, 0.1) is 6.20 Å². The summed E-state index contributed by atoms with van der Waals surface area (Å²) < 4.78 is 0. The summed E-state index contributed by atoms with van der Waals surface area (Å²) in [5, 5.41) is 5.09. The maximum Gasteiger partial charge on any atom is 0.184 e. The molecule has 1 aromatic heterocycles. The van der Waals surface area contributed by atoms with Crippen molar-refractivity contribution in [3.05, 3.63) is 6.20 Å². The van der Waals surface area contributed by atoms with Gasteiger partial charge in [-0.05, 0) is 20.0 Å². The summed E-state index contributed by atoms with van der Waals surface area (Å²) in [6.45, 7) is 2.26. The zero-order chi connectivity index (χ0) is 9.26. The third-order valence-corrected chi connectivity index (χ3v) is 3.00. The van der Waals surface area contributed by atoms with Gasteiger partial charge in [-0.25, -0.2) is 4.98 Å². The molecular weight excluding hydrogens is 184 g/mol. The number of nitrogen functional groups attached to an aromatic ring is 1. The van der Waals surface area contributed by atoms with E-state index in [-0.39, 0.29) is 0 Å². The number of nitrogens with one attached hydrogen (secondary N) is 1. The lowest BCUT2D eigenvalue weighted by atomic mass is 10.3. The number of nitrogens with zero attached hydrogens (tertiary/aromatic N) is 2. The lowest BCUT2D eigenvalue weighted by Crippen LogP contribution is -2.23. The summed E-state index contributed by atoms with van der Waals surface area (Å²) in [6.07, 6.45) is 2.89. The average Bonchev–Trinajstić information content (AvgIpc) is 2.62. The first kappa shape index (κ1) is 8.77. The van der Waals surface area contributed by atoms with Crippen molar-refractivity contribution in [2.24, 2.45) is 0 Å². The molecule has 1 aromatic rings. The maximum absolute atomic E-state index is 5.59. The van der Waals surface area contributed by atoms with Crippen LogP contribution in [0.5, 0.6) is 0 Å². The fourth-order valence-electron chi connectivity index (χ4n) is 1.58. The topological polar surface area (TPSA) is 54.2 Å². The van der Waals surface area contributed by atoms with Gasteiger partial charge in [0.15, 0.2) is 5.13 Å². The molecule has 13 heavy (non-hydrogen) atoms. The van der Waals surface area contributed by atoms with Crippen LogP contribution in [0.3, 0.4) is 0 Å². The van der Waals surface area contributed by atoms with E-state index in [0.29, 0.717) is 6.04 Å². The van der Waals surface area contributed by atoms with Gasteiger partial charge in [-0.15, -0.1) is 0 Å². The van der Waals surface area contributed by atoms with Gasteiger partial charge >= 0.3 is 0 Å². The van der Waals surface area contributed by atoms with Crippen molar-refractivity contribution in [2.45, 2.75) is 12.5 Å². The second-order valence-corrected chi connectivity index (χ2v) is 4.52. The number of aromatic nitrogens is 1. The molecule has 1 fully saturated rings. The van der Waals surface area contributed by atoms with Crippen LogP contribution in [0, 0.1) is 0 Å². The predicted molar refractivity (Wildman–Crippen MR) is 56.1 cm³/mol. The molecule has 2 heterocycles. The number of anilines is 2. The van der Waals surface area contributed by atoms with Gasteiger partial charge in [-0.3, -0.25) is 0 Å². The first-order valence-electron chi connectivity index (χ1n) is 4.40. The Morgan fingerprint density at radius 2 is 2.62 bits per heavy atom. The molecule has 0 saturated carbocycles. The van der Waals surface area contributed by atoms with Crippen molar-refractivity contribution in [3.63, 3.8) is 0 Å². The molecule has 1 aliphatic rings. The largest absolute Gasteiger partial charge is 0.389 e. The number of thiazole rings is 1. The van der Waals surface area contributed by atoms with Crippen LogP contribution in [0.4, 0.5) is 10.1 Å². The maximum atomic E-state index is 5.59. The normalized spacial score (nSPS) is 23.6. The van der Waals surface area contributed by atoms with Crippen molar-refractivity contribution in [1.82, 2.24) is 9.88 Å². The Hall–Kier alpha value is -0.810. The van der Waals surface area contributed by atoms with E-state index in [1.54, 1.807) is 6.20 Å². The van der Waals surface area contributed by atoms with Crippen LogP contribution >= 0.6 is 11.3 Å². The first-order valence-corrected chi connectivity index (χ1v) is 5.22. The SMILES string of the molecule is CN1CCC(Nc2ncc(N)s2)C1. The van der Waals surface area contributed by atoms with E-state index in [1.165, 1.54) is 24.3 Å². The van der Waals surface area contributed by atoms with Crippen LogP contribution in [0.15, 0.2) is 6.20 Å². The van der Waals surface area contributed by atoms with E-state index < -0.39 is 0 Å². The Balaban J connectivity index is 1.91. The molecule has 1 atom stereocenters. The van der Waals surface area contributed by atoms with E-state index in [2.05, 4.69) is 22.2 Å². The van der Waals surface area contributed by atoms with Gasteiger partial charge in [-0.1, -0.05) is 11.3 Å². The molecular formula is C8H14N4S. The summed E-state index contributed by atoms with van der Waals surface area (Å²) in [7, 11) is 2.14. The lowest BCUT2D eigenvalue weighted by molar-refractivity contribution is 0.414. The first-order chi connectivity index (χ1) is 6.24. The van der Waals surface area contributed by atoms with Gasteiger partial charge in [0.25, 0.3) is 0 Å². The smallest absolute Gasteiger partial charge is 0.184 e. The lowest BCUT2D eigenvalue weighted by Gasteiger charge is -2.10. The average molecular weight is 198 g/mol. The van der Waals surface area contributed by atoms with E-state index in [4.69, 9.17) is 5.73 Å². The molecule has 1 saturated heterocycles. The van der Waals surface area contributed by atoms with Crippen molar-refractivity contribution in [1.29, 1.82) is 0 Å². The van der Waals surface area contributed by atoms with Crippen LogP contribution in [0.25, 0.3) is 0 Å². The number of hydrogen-bond donors (Lipinski definition) is 2. The fraction of sp³-hybridized carbons (Fsp3) is 0.625. The Kier molecular flexibility index (Phi) is 2.37. The molecule has 3 N–H and O–H groups in total. The Morgan fingerprint density at radius 1 is 1.77 bits per heavy atom.